The first-order valence-electron chi connectivity index (χ1n) is 7.01. The van der Waals surface area contributed by atoms with Crippen LogP contribution in [0.4, 0.5) is 5.95 Å². The highest BCUT2D eigenvalue weighted by Gasteiger charge is 2.13. The summed E-state index contributed by atoms with van der Waals surface area (Å²) in [5.41, 5.74) is 1.21. The fraction of sp³-hybridized carbons (Fsp3) is 0.714. The van der Waals surface area contributed by atoms with Gasteiger partial charge in [-0.25, -0.2) is 9.97 Å². The summed E-state index contributed by atoms with van der Waals surface area (Å²) in [4.78, 5) is 8.65. The van der Waals surface area contributed by atoms with E-state index in [1.807, 2.05) is 12.4 Å². The van der Waals surface area contributed by atoms with Gasteiger partial charge in [-0.15, -0.1) is 0 Å². The third-order valence-corrected chi connectivity index (χ3v) is 3.33. The lowest BCUT2D eigenvalue weighted by Crippen LogP contribution is -2.20. The summed E-state index contributed by atoms with van der Waals surface area (Å²) in [5.74, 6) is 1.44. The highest BCUT2D eigenvalue weighted by Crippen LogP contribution is 2.16. The van der Waals surface area contributed by atoms with Crippen molar-refractivity contribution in [3.8, 4) is 0 Å². The van der Waals surface area contributed by atoms with Crippen LogP contribution >= 0.6 is 0 Å². The van der Waals surface area contributed by atoms with Gasteiger partial charge in [0.05, 0.1) is 0 Å². The van der Waals surface area contributed by atoms with Crippen LogP contribution in [0.3, 0.4) is 0 Å². The summed E-state index contributed by atoms with van der Waals surface area (Å²) >= 11 is 0. The van der Waals surface area contributed by atoms with Crippen molar-refractivity contribution < 1.29 is 4.74 Å². The molecule has 0 saturated carbocycles. The first-order chi connectivity index (χ1) is 8.88. The number of rotatable bonds is 6. The monoisotopic (exact) mass is 249 g/mol. The second-order valence-corrected chi connectivity index (χ2v) is 4.96. The van der Waals surface area contributed by atoms with E-state index in [2.05, 4.69) is 22.2 Å². The van der Waals surface area contributed by atoms with E-state index >= 15 is 0 Å². The second-order valence-electron chi connectivity index (χ2n) is 4.96. The average Bonchev–Trinajstić information content (AvgIpc) is 2.42. The van der Waals surface area contributed by atoms with Crippen molar-refractivity contribution in [1.82, 2.24) is 9.97 Å². The molecule has 1 unspecified atom stereocenters. The summed E-state index contributed by atoms with van der Waals surface area (Å²) in [6, 6.07) is 0. The fourth-order valence-corrected chi connectivity index (χ4v) is 2.29. The zero-order chi connectivity index (χ0) is 12.6. The zero-order valence-electron chi connectivity index (χ0n) is 11.2. The van der Waals surface area contributed by atoms with Gasteiger partial charge in [0.2, 0.25) is 5.95 Å². The van der Waals surface area contributed by atoms with Gasteiger partial charge in [-0.05, 0) is 37.2 Å². The Morgan fingerprint density at radius 1 is 1.39 bits per heavy atom. The molecule has 0 spiro atoms. The maximum atomic E-state index is 5.47. The van der Waals surface area contributed by atoms with Crippen LogP contribution in [-0.2, 0) is 11.2 Å². The largest absolute Gasteiger partial charge is 0.381 e. The van der Waals surface area contributed by atoms with E-state index in [9.17, 15) is 0 Å². The molecular formula is C14H23N3O. The standard InChI is InChI=1S/C14H23N3O/c1-2-4-13-9-16-14(17-10-13)15-7-6-12-5-3-8-18-11-12/h9-10,12H,2-8,11H2,1H3,(H,15,16,17). The van der Waals surface area contributed by atoms with E-state index in [0.717, 1.165) is 45.0 Å². The van der Waals surface area contributed by atoms with E-state index in [1.54, 1.807) is 0 Å². The fourth-order valence-electron chi connectivity index (χ4n) is 2.29. The molecule has 0 radical (unpaired) electrons. The number of aryl methyl sites for hydroxylation is 1. The van der Waals surface area contributed by atoms with Gasteiger partial charge < -0.3 is 10.1 Å². The summed E-state index contributed by atoms with van der Waals surface area (Å²) in [7, 11) is 0. The molecular weight excluding hydrogens is 226 g/mol. The predicted octanol–water partition coefficient (Wildman–Crippen LogP) is 2.66. The summed E-state index contributed by atoms with van der Waals surface area (Å²) < 4.78 is 5.47. The molecule has 1 aromatic heterocycles. The van der Waals surface area contributed by atoms with Crippen LogP contribution in [0, 0.1) is 5.92 Å². The lowest BCUT2D eigenvalue weighted by atomic mass is 9.99. The molecule has 2 heterocycles. The van der Waals surface area contributed by atoms with Crippen LogP contribution in [0.25, 0.3) is 0 Å². The van der Waals surface area contributed by atoms with Gasteiger partial charge in [0.1, 0.15) is 0 Å². The van der Waals surface area contributed by atoms with Gasteiger partial charge in [0.25, 0.3) is 0 Å². The molecule has 1 saturated heterocycles. The first kappa shape index (κ1) is 13.3. The molecule has 100 valence electrons. The molecule has 0 aromatic carbocycles. The Labute approximate surface area is 109 Å². The van der Waals surface area contributed by atoms with Gasteiger partial charge >= 0.3 is 0 Å². The predicted molar refractivity (Wildman–Crippen MR) is 72.7 cm³/mol. The number of anilines is 1. The number of hydrogen-bond acceptors (Lipinski definition) is 4. The molecule has 18 heavy (non-hydrogen) atoms. The van der Waals surface area contributed by atoms with Crippen molar-refractivity contribution >= 4 is 5.95 Å². The zero-order valence-corrected chi connectivity index (χ0v) is 11.2. The van der Waals surface area contributed by atoms with Crippen LogP contribution < -0.4 is 5.32 Å². The summed E-state index contributed by atoms with van der Waals surface area (Å²) in [6.45, 7) is 4.95. The molecule has 0 aliphatic carbocycles. The minimum Gasteiger partial charge on any atom is -0.381 e. The van der Waals surface area contributed by atoms with Crippen LogP contribution in [0.15, 0.2) is 12.4 Å². The Morgan fingerprint density at radius 3 is 2.89 bits per heavy atom. The van der Waals surface area contributed by atoms with Gasteiger partial charge in [-0.1, -0.05) is 13.3 Å². The molecule has 1 fully saturated rings. The Balaban J connectivity index is 1.69. The van der Waals surface area contributed by atoms with Crippen LogP contribution in [0.2, 0.25) is 0 Å². The highest BCUT2D eigenvalue weighted by molar-refractivity contribution is 5.24. The van der Waals surface area contributed by atoms with Crippen LogP contribution in [-0.4, -0.2) is 29.7 Å². The Morgan fingerprint density at radius 2 is 2.22 bits per heavy atom. The van der Waals surface area contributed by atoms with Crippen molar-refractivity contribution in [2.24, 2.45) is 5.92 Å². The molecule has 1 aromatic rings. The lowest BCUT2D eigenvalue weighted by Gasteiger charge is -2.21. The molecule has 0 amide bonds. The molecule has 1 N–H and O–H groups in total. The van der Waals surface area contributed by atoms with Crippen LogP contribution in [0.5, 0.6) is 0 Å². The molecule has 0 bridgehead atoms. The quantitative estimate of drug-likeness (QED) is 0.842. The summed E-state index contributed by atoms with van der Waals surface area (Å²) in [6.07, 6.45) is 9.66. The first-order valence-corrected chi connectivity index (χ1v) is 7.01. The number of nitrogens with zero attached hydrogens (tertiary/aromatic N) is 2. The maximum absolute atomic E-state index is 5.47. The van der Waals surface area contributed by atoms with Crippen molar-refractivity contribution in [1.29, 1.82) is 0 Å². The van der Waals surface area contributed by atoms with Crippen molar-refractivity contribution in [3.63, 3.8) is 0 Å². The van der Waals surface area contributed by atoms with Crippen molar-refractivity contribution in [2.75, 3.05) is 25.1 Å². The molecule has 2 rings (SSSR count). The highest BCUT2D eigenvalue weighted by atomic mass is 16.5. The lowest BCUT2D eigenvalue weighted by molar-refractivity contribution is 0.0530. The number of aromatic nitrogens is 2. The van der Waals surface area contributed by atoms with Crippen molar-refractivity contribution in [2.45, 2.75) is 39.0 Å². The molecule has 1 aliphatic heterocycles. The molecule has 1 atom stereocenters. The molecule has 4 nitrogen and oxygen atoms in total. The topological polar surface area (TPSA) is 47.0 Å². The average molecular weight is 249 g/mol. The van der Waals surface area contributed by atoms with E-state index < -0.39 is 0 Å². The van der Waals surface area contributed by atoms with Crippen molar-refractivity contribution in [3.05, 3.63) is 18.0 Å². The van der Waals surface area contributed by atoms with E-state index in [4.69, 9.17) is 4.74 Å². The third-order valence-electron chi connectivity index (χ3n) is 3.33. The smallest absolute Gasteiger partial charge is 0.222 e. The maximum Gasteiger partial charge on any atom is 0.222 e. The van der Waals surface area contributed by atoms with Gasteiger partial charge in [0, 0.05) is 32.2 Å². The number of hydrogen-bond donors (Lipinski definition) is 1. The van der Waals surface area contributed by atoms with Gasteiger partial charge in [-0.2, -0.15) is 0 Å². The minimum atomic E-state index is 0.700. The second kappa shape index (κ2) is 7.31. The van der Waals surface area contributed by atoms with Gasteiger partial charge in [-0.3, -0.25) is 0 Å². The Bertz CT molecular complexity index is 333. The normalized spacial score (nSPS) is 19.7. The number of ether oxygens (including phenoxy) is 1. The van der Waals surface area contributed by atoms with E-state index in [1.165, 1.54) is 18.4 Å². The Hall–Kier alpha value is -1.16. The third kappa shape index (κ3) is 4.26. The van der Waals surface area contributed by atoms with E-state index in [-0.39, 0.29) is 0 Å². The van der Waals surface area contributed by atoms with Crippen LogP contribution in [0.1, 0.15) is 38.2 Å². The van der Waals surface area contributed by atoms with Gasteiger partial charge in [0.15, 0.2) is 0 Å². The SMILES string of the molecule is CCCc1cnc(NCCC2CCCOC2)nc1. The summed E-state index contributed by atoms with van der Waals surface area (Å²) in [5, 5.41) is 3.28. The Kier molecular flexibility index (Phi) is 5.39. The molecule has 1 aliphatic rings. The minimum absolute atomic E-state index is 0.700. The van der Waals surface area contributed by atoms with E-state index in [0.29, 0.717) is 5.92 Å². The number of nitrogens with one attached hydrogen (secondary N) is 1. The molecule has 4 heteroatoms.